The van der Waals surface area contributed by atoms with E-state index in [1.54, 1.807) is 0 Å². The smallest absolute Gasteiger partial charge is 1.00 e. The van der Waals surface area contributed by atoms with E-state index in [0.717, 1.165) is 5.92 Å². The molecule has 1 rings (SSSR count). The van der Waals surface area contributed by atoms with Crippen molar-refractivity contribution in [1.29, 1.82) is 0 Å². The average molecular weight is 273 g/mol. The second-order valence-corrected chi connectivity index (χ2v) is 3.46. The lowest BCUT2D eigenvalue weighted by molar-refractivity contribution is -0.00000190. The molecule has 10 heavy (non-hydrogen) atoms. The molecule has 0 spiro atoms. The Morgan fingerprint density at radius 1 is 1.40 bits per heavy atom. The molecular formula is C7H15Br2N. The van der Waals surface area contributed by atoms with Gasteiger partial charge in [0.15, 0.2) is 0 Å². The zero-order valence-corrected chi connectivity index (χ0v) is 9.25. The second kappa shape index (κ2) is 6.62. The number of hydrogen-bond donors (Lipinski definition) is 1. The molecular weight excluding hydrogens is 258 g/mol. The summed E-state index contributed by atoms with van der Waals surface area (Å²) in [5, 5.41) is 4.54. The molecule has 1 aliphatic rings. The third-order valence-corrected chi connectivity index (χ3v) is 2.43. The summed E-state index contributed by atoms with van der Waals surface area (Å²) in [4.78, 5) is 0. The molecule has 1 fully saturated rings. The molecule has 0 bridgehead atoms. The van der Waals surface area contributed by atoms with E-state index in [1.807, 2.05) is 0 Å². The molecule has 0 atom stereocenters. The molecule has 0 radical (unpaired) electrons. The average Bonchev–Trinajstić information content (AvgIpc) is 1.91. The summed E-state index contributed by atoms with van der Waals surface area (Å²) in [7, 11) is 0. The van der Waals surface area contributed by atoms with E-state index in [1.165, 1.54) is 37.7 Å². The zero-order chi connectivity index (χ0) is 6.53. The van der Waals surface area contributed by atoms with Crippen LogP contribution in [0.1, 0.15) is 20.7 Å². The topological polar surface area (TPSA) is 12.0 Å². The van der Waals surface area contributed by atoms with Crippen LogP contribution in [0.3, 0.4) is 0 Å². The summed E-state index contributed by atoms with van der Waals surface area (Å²) in [6, 6.07) is 0. The second-order valence-electron chi connectivity index (χ2n) is 2.67. The van der Waals surface area contributed by atoms with Crippen LogP contribution >= 0.6 is 15.9 Å². The van der Waals surface area contributed by atoms with Crippen molar-refractivity contribution in [2.45, 2.75) is 19.3 Å². The van der Waals surface area contributed by atoms with Crippen LogP contribution in [0, 0.1) is 5.92 Å². The summed E-state index contributed by atoms with van der Waals surface area (Å²) >= 11 is 3.46. The molecule has 62 valence electrons. The number of alkyl halides is 1. The molecule has 0 aromatic rings. The van der Waals surface area contributed by atoms with E-state index in [2.05, 4.69) is 21.2 Å². The van der Waals surface area contributed by atoms with Crippen molar-refractivity contribution in [3.8, 4) is 0 Å². The number of rotatable bonds is 2. The highest BCUT2D eigenvalue weighted by Gasteiger charge is 2.10. The van der Waals surface area contributed by atoms with E-state index >= 15 is 0 Å². The Bertz CT molecular complexity index is 74.1. The van der Waals surface area contributed by atoms with Crippen LogP contribution in [0.4, 0.5) is 0 Å². The molecule has 1 saturated heterocycles. The van der Waals surface area contributed by atoms with Crippen LogP contribution in [0.2, 0.25) is 0 Å². The van der Waals surface area contributed by atoms with Gasteiger partial charge in [0.05, 0.1) is 0 Å². The molecule has 0 aromatic carbocycles. The first-order valence-corrected chi connectivity index (χ1v) is 4.82. The van der Waals surface area contributed by atoms with Gasteiger partial charge in [-0.15, -0.1) is 0 Å². The zero-order valence-electron chi connectivity index (χ0n) is 7.08. The molecule has 1 N–H and O–H groups in total. The fourth-order valence-electron chi connectivity index (χ4n) is 1.32. The van der Waals surface area contributed by atoms with Gasteiger partial charge in [-0.3, -0.25) is 0 Å². The maximum atomic E-state index is 3.46. The van der Waals surface area contributed by atoms with Gasteiger partial charge in [0, 0.05) is 5.33 Å². The standard InChI is InChI=1S/C7H14BrN.BrH/c8-4-1-7-2-5-9-6-3-7;/h7,9H,1-6H2;1H. The van der Waals surface area contributed by atoms with E-state index in [9.17, 15) is 0 Å². The van der Waals surface area contributed by atoms with Gasteiger partial charge in [0.25, 0.3) is 0 Å². The minimum Gasteiger partial charge on any atom is -1.00 e. The van der Waals surface area contributed by atoms with Crippen molar-refractivity contribution < 1.29 is 18.4 Å². The first-order chi connectivity index (χ1) is 4.43. The van der Waals surface area contributed by atoms with Gasteiger partial charge in [-0.25, -0.2) is 0 Å². The summed E-state index contributed by atoms with van der Waals surface area (Å²) in [6.45, 7) is 2.47. The normalized spacial score (nSPS) is 20.1. The highest BCUT2D eigenvalue weighted by molar-refractivity contribution is 9.09. The Hall–Kier alpha value is 0.920. The van der Waals surface area contributed by atoms with E-state index in [4.69, 9.17) is 0 Å². The minimum atomic E-state index is 0. The van der Waals surface area contributed by atoms with Crippen molar-refractivity contribution in [3.05, 3.63) is 0 Å². The molecule has 1 nitrogen and oxygen atoms in total. The van der Waals surface area contributed by atoms with E-state index in [-0.39, 0.29) is 18.4 Å². The molecule has 3 heteroatoms. The van der Waals surface area contributed by atoms with Crippen LogP contribution in [0.25, 0.3) is 0 Å². The van der Waals surface area contributed by atoms with Crippen molar-refractivity contribution >= 4 is 15.9 Å². The fraction of sp³-hybridized carbons (Fsp3) is 1.00. The number of halogens is 2. The van der Waals surface area contributed by atoms with Crippen LogP contribution in [0.15, 0.2) is 0 Å². The Morgan fingerprint density at radius 2 is 2.00 bits per heavy atom. The maximum absolute atomic E-state index is 3.46. The molecule has 1 heterocycles. The minimum absolute atomic E-state index is 0. The molecule has 0 aliphatic carbocycles. The van der Waals surface area contributed by atoms with Crippen LogP contribution in [-0.4, -0.2) is 18.4 Å². The predicted molar refractivity (Wildman–Crippen MR) is 45.1 cm³/mol. The van der Waals surface area contributed by atoms with Gasteiger partial charge < -0.3 is 22.3 Å². The first kappa shape index (κ1) is 10.9. The SMILES string of the molecule is BrCCC1CCNCC1.[Br-].[H+]. The highest BCUT2D eigenvalue weighted by atomic mass is 79.9. The summed E-state index contributed by atoms with van der Waals surface area (Å²) in [6.07, 6.45) is 4.12. The number of piperidine rings is 1. The third-order valence-electron chi connectivity index (χ3n) is 1.98. The predicted octanol–water partition coefficient (Wildman–Crippen LogP) is -1.11. The Kier molecular flexibility index (Phi) is 7.23. The van der Waals surface area contributed by atoms with E-state index in [0.29, 0.717) is 0 Å². The maximum Gasteiger partial charge on any atom is 1.00 e. The van der Waals surface area contributed by atoms with Gasteiger partial charge in [-0.1, -0.05) is 15.9 Å². The summed E-state index contributed by atoms with van der Waals surface area (Å²) in [5.74, 6) is 0.991. The number of hydrogen-bond acceptors (Lipinski definition) is 1. The lowest BCUT2D eigenvalue weighted by Crippen LogP contribution is -3.00. The van der Waals surface area contributed by atoms with Gasteiger partial charge in [-0.05, 0) is 38.3 Å². The summed E-state index contributed by atoms with van der Waals surface area (Å²) in [5.41, 5.74) is 0. The Balaban J connectivity index is 0. The molecule has 0 amide bonds. The summed E-state index contributed by atoms with van der Waals surface area (Å²) < 4.78 is 0. The van der Waals surface area contributed by atoms with Crippen molar-refractivity contribution in [2.75, 3.05) is 18.4 Å². The highest BCUT2D eigenvalue weighted by Crippen LogP contribution is 2.16. The molecule has 0 aromatic heterocycles. The van der Waals surface area contributed by atoms with Gasteiger partial charge in [-0.2, -0.15) is 0 Å². The van der Waals surface area contributed by atoms with Gasteiger partial charge in [0.2, 0.25) is 0 Å². The van der Waals surface area contributed by atoms with Gasteiger partial charge >= 0.3 is 1.43 Å². The number of nitrogens with one attached hydrogen (secondary N) is 1. The van der Waals surface area contributed by atoms with Crippen molar-refractivity contribution in [2.24, 2.45) is 5.92 Å². The van der Waals surface area contributed by atoms with E-state index < -0.39 is 0 Å². The third kappa shape index (κ3) is 3.94. The quantitative estimate of drug-likeness (QED) is 0.629. The lowest BCUT2D eigenvalue weighted by atomic mass is 9.96. The van der Waals surface area contributed by atoms with Crippen molar-refractivity contribution in [1.82, 2.24) is 5.32 Å². The molecule has 0 saturated carbocycles. The van der Waals surface area contributed by atoms with Crippen LogP contribution < -0.4 is 22.3 Å². The lowest BCUT2D eigenvalue weighted by Gasteiger charge is -2.21. The Morgan fingerprint density at radius 3 is 2.50 bits per heavy atom. The van der Waals surface area contributed by atoms with Crippen molar-refractivity contribution in [3.63, 3.8) is 0 Å². The molecule has 0 unspecified atom stereocenters. The van der Waals surface area contributed by atoms with Crippen LogP contribution in [-0.2, 0) is 0 Å². The largest absolute Gasteiger partial charge is 1.00 e. The molecule has 1 aliphatic heterocycles. The Labute approximate surface area is 83.3 Å². The first-order valence-electron chi connectivity index (χ1n) is 3.70. The monoisotopic (exact) mass is 271 g/mol. The van der Waals surface area contributed by atoms with Crippen LogP contribution in [0.5, 0.6) is 0 Å². The fourth-order valence-corrected chi connectivity index (χ4v) is 1.97. The van der Waals surface area contributed by atoms with Gasteiger partial charge in [0.1, 0.15) is 0 Å².